The highest BCUT2D eigenvalue weighted by atomic mass is 35.5. The summed E-state index contributed by atoms with van der Waals surface area (Å²) in [7, 11) is 0. The van der Waals surface area contributed by atoms with Crippen molar-refractivity contribution in [1.82, 2.24) is 10.2 Å². The topological polar surface area (TPSA) is 49.4 Å². The van der Waals surface area contributed by atoms with Gasteiger partial charge in [-0.3, -0.25) is 9.59 Å². The molecule has 0 saturated heterocycles. The van der Waals surface area contributed by atoms with Gasteiger partial charge in [-0.05, 0) is 42.8 Å². The first-order valence-corrected chi connectivity index (χ1v) is 9.86. The SMILES string of the molecule is O=C(NCCCC(=O)N(Cc1c(F)cccc1Cl)C1CC1)c1cccs1. The summed E-state index contributed by atoms with van der Waals surface area (Å²) in [4.78, 5) is 26.8. The maximum absolute atomic E-state index is 14.0. The zero-order valence-corrected chi connectivity index (χ0v) is 15.8. The van der Waals surface area contributed by atoms with Gasteiger partial charge in [-0.1, -0.05) is 23.7 Å². The van der Waals surface area contributed by atoms with E-state index in [2.05, 4.69) is 5.32 Å². The summed E-state index contributed by atoms with van der Waals surface area (Å²) in [5, 5.41) is 5.00. The number of carbonyl (C=O) groups excluding carboxylic acids is 2. The van der Waals surface area contributed by atoms with Crippen molar-refractivity contribution < 1.29 is 14.0 Å². The van der Waals surface area contributed by atoms with Crippen LogP contribution in [0.4, 0.5) is 4.39 Å². The van der Waals surface area contributed by atoms with Crippen LogP contribution < -0.4 is 5.32 Å². The van der Waals surface area contributed by atoms with Gasteiger partial charge in [-0.15, -0.1) is 11.3 Å². The third-order valence-electron chi connectivity index (χ3n) is 4.30. The van der Waals surface area contributed by atoms with E-state index in [1.807, 2.05) is 11.4 Å². The van der Waals surface area contributed by atoms with Gasteiger partial charge < -0.3 is 10.2 Å². The molecular formula is C19H20ClFN2O2S. The number of hydrogen-bond donors (Lipinski definition) is 1. The van der Waals surface area contributed by atoms with Crippen LogP contribution >= 0.6 is 22.9 Å². The minimum Gasteiger partial charge on any atom is -0.351 e. The summed E-state index contributed by atoms with van der Waals surface area (Å²) in [5.74, 6) is -0.541. The number of rotatable bonds is 8. The molecule has 0 bridgehead atoms. The smallest absolute Gasteiger partial charge is 0.261 e. The molecule has 1 aliphatic carbocycles. The summed E-state index contributed by atoms with van der Waals surface area (Å²) in [6, 6.07) is 8.30. The van der Waals surface area contributed by atoms with Crippen LogP contribution in [0.15, 0.2) is 35.7 Å². The first-order chi connectivity index (χ1) is 12.6. The Morgan fingerprint density at radius 3 is 2.73 bits per heavy atom. The van der Waals surface area contributed by atoms with E-state index < -0.39 is 0 Å². The molecule has 1 aliphatic rings. The molecule has 1 aromatic carbocycles. The van der Waals surface area contributed by atoms with E-state index in [1.54, 1.807) is 23.1 Å². The molecule has 1 aromatic heterocycles. The van der Waals surface area contributed by atoms with Gasteiger partial charge in [0, 0.05) is 29.6 Å². The Labute approximate surface area is 161 Å². The van der Waals surface area contributed by atoms with Crippen molar-refractivity contribution in [3.05, 3.63) is 57.0 Å². The Morgan fingerprint density at radius 1 is 1.27 bits per heavy atom. The summed E-state index contributed by atoms with van der Waals surface area (Å²) >= 11 is 7.47. The van der Waals surface area contributed by atoms with Gasteiger partial charge in [-0.25, -0.2) is 4.39 Å². The van der Waals surface area contributed by atoms with Crippen LogP contribution in [-0.2, 0) is 11.3 Å². The van der Waals surface area contributed by atoms with Crippen LogP contribution in [0.3, 0.4) is 0 Å². The van der Waals surface area contributed by atoms with Gasteiger partial charge in [0.25, 0.3) is 5.91 Å². The van der Waals surface area contributed by atoms with Crippen molar-refractivity contribution >= 4 is 34.8 Å². The van der Waals surface area contributed by atoms with Gasteiger partial charge in [-0.2, -0.15) is 0 Å². The van der Waals surface area contributed by atoms with Crippen LogP contribution in [0, 0.1) is 5.82 Å². The predicted octanol–water partition coefficient (Wildman–Crippen LogP) is 4.24. The highest BCUT2D eigenvalue weighted by Crippen LogP contribution is 2.31. The molecule has 2 amide bonds. The molecule has 26 heavy (non-hydrogen) atoms. The highest BCUT2D eigenvalue weighted by Gasteiger charge is 2.33. The molecule has 1 heterocycles. The molecule has 0 aliphatic heterocycles. The Hall–Kier alpha value is -1.92. The number of benzene rings is 1. The second-order valence-electron chi connectivity index (χ2n) is 6.29. The molecule has 0 atom stereocenters. The minimum atomic E-state index is -0.390. The predicted molar refractivity (Wildman–Crippen MR) is 101 cm³/mol. The first-order valence-electron chi connectivity index (χ1n) is 8.60. The van der Waals surface area contributed by atoms with Crippen molar-refractivity contribution in [2.75, 3.05) is 6.54 Å². The van der Waals surface area contributed by atoms with E-state index in [1.165, 1.54) is 17.4 Å². The quantitative estimate of drug-likeness (QED) is 0.681. The Balaban J connectivity index is 1.50. The molecule has 4 nitrogen and oxygen atoms in total. The van der Waals surface area contributed by atoms with Gasteiger partial charge in [0.15, 0.2) is 0 Å². The van der Waals surface area contributed by atoms with Crippen molar-refractivity contribution in [2.24, 2.45) is 0 Å². The molecule has 1 N–H and O–H groups in total. The number of carbonyl (C=O) groups is 2. The number of nitrogens with zero attached hydrogens (tertiary/aromatic N) is 1. The van der Waals surface area contributed by atoms with Gasteiger partial charge in [0.1, 0.15) is 5.82 Å². The fourth-order valence-corrected chi connectivity index (χ4v) is 3.60. The summed E-state index contributed by atoms with van der Waals surface area (Å²) < 4.78 is 14.0. The summed E-state index contributed by atoms with van der Waals surface area (Å²) in [5.41, 5.74) is 0.361. The van der Waals surface area contributed by atoms with Crippen molar-refractivity contribution in [1.29, 1.82) is 0 Å². The second kappa shape index (κ2) is 8.64. The number of thiophene rings is 1. The first kappa shape index (κ1) is 18.9. The number of hydrogen-bond acceptors (Lipinski definition) is 3. The fourth-order valence-electron chi connectivity index (χ4n) is 2.74. The average molecular weight is 395 g/mol. The molecular weight excluding hydrogens is 375 g/mol. The van der Waals surface area contributed by atoms with Gasteiger partial charge >= 0.3 is 0 Å². The van der Waals surface area contributed by atoms with E-state index in [0.29, 0.717) is 34.8 Å². The zero-order chi connectivity index (χ0) is 18.5. The van der Waals surface area contributed by atoms with Crippen LogP contribution in [-0.4, -0.2) is 29.3 Å². The minimum absolute atomic E-state index is 0.0304. The third-order valence-corrected chi connectivity index (χ3v) is 5.52. The summed E-state index contributed by atoms with van der Waals surface area (Å²) in [6.45, 7) is 0.623. The van der Waals surface area contributed by atoms with E-state index in [0.717, 1.165) is 12.8 Å². The van der Waals surface area contributed by atoms with E-state index in [-0.39, 0.29) is 30.2 Å². The van der Waals surface area contributed by atoms with Crippen LogP contribution in [0.5, 0.6) is 0 Å². The Bertz CT molecular complexity index is 758. The molecule has 7 heteroatoms. The number of amides is 2. The molecule has 1 fully saturated rings. The maximum Gasteiger partial charge on any atom is 0.261 e. The number of halogens is 2. The standard InChI is InChI=1S/C19H20ClFN2O2S/c20-15-4-1-5-16(21)14(15)12-23(13-8-9-13)18(24)7-2-10-22-19(25)17-6-3-11-26-17/h1,3-6,11,13H,2,7-10,12H2,(H,22,25). The second-order valence-corrected chi connectivity index (χ2v) is 7.64. The number of nitrogens with one attached hydrogen (secondary N) is 1. The normalized spacial score (nSPS) is 13.5. The lowest BCUT2D eigenvalue weighted by Crippen LogP contribution is -2.33. The summed E-state index contributed by atoms with van der Waals surface area (Å²) in [6.07, 6.45) is 2.73. The average Bonchev–Trinajstić information content (AvgIpc) is 3.30. The monoisotopic (exact) mass is 394 g/mol. The van der Waals surface area contributed by atoms with Crippen molar-refractivity contribution in [3.8, 4) is 0 Å². The molecule has 2 aromatic rings. The largest absolute Gasteiger partial charge is 0.351 e. The Kier molecular flexibility index (Phi) is 6.27. The lowest BCUT2D eigenvalue weighted by atomic mass is 10.1. The lowest BCUT2D eigenvalue weighted by molar-refractivity contribution is -0.132. The van der Waals surface area contributed by atoms with Crippen LogP contribution in [0.1, 0.15) is 40.9 Å². The lowest BCUT2D eigenvalue weighted by Gasteiger charge is -2.23. The maximum atomic E-state index is 14.0. The van der Waals surface area contributed by atoms with Crippen LogP contribution in [0.2, 0.25) is 5.02 Å². The van der Waals surface area contributed by atoms with E-state index >= 15 is 0 Å². The zero-order valence-electron chi connectivity index (χ0n) is 14.2. The van der Waals surface area contributed by atoms with Gasteiger partial charge in [0.05, 0.1) is 11.4 Å². The molecule has 0 unspecified atom stereocenters. The van der Waals surface area contributed by atoms with E-state index in [4.69, 9.17) is 11.6 Å². The molecule has 0 radical (unpaired) electrons. The molecule has 1 saturated carbocycles. The van der Waals surface area contributed by atoms with Crippen molar-refractivity contribution in [3.63, 3.8) is 0 Å². The fraction of sp³-hybridized carbons (Fsp3) is 0.368. The van der Waals surface area contributed by atoms with Crippen LogP contribution in [0.25, 0.3) is 0 Å². The van der Waals surface area contributed by atoms with E-state index in [9.17, 15) is 14.0 Å². The Morgan fingerprint density at radius 2 is 2.08 bits per heavy atom. The third kappa shape index (κ3) is 4.83. The molecule has 3 rings (SSSR count). The highest BCUT2D eigenvalue weighted by molar-refractivity contribution is 7.12. The van der Waals surface area contributed by atoms with Crippen molar-refractivity contribution in [2.45, 2.75) is 38.3 Å². The molecule has 138 valence electrons. The molecule has 0 spiro atoms. The van der Waals surface area contributed by atoms with Gasteiger partial charge in [0.2, 0.25) is 5.91 Å².